The van der Waals surface area contributed by atoms with Crippen LogP contribution in [0.4, 0.5) is 0 Å². The number of fused-ring (bicyclic) bond motifs is 1. The van der Waals surface area contributed by atoms with E-state index in [0.717, 1.165) is 35.1 Å². The molecule has 0 saturated heterocycles. The first kappa shape index (κ1) is 17.1. The second kappa shape index (κ2) is 6.99. The highest BCUT2D eigenvalue weighted by molar-refractivity contribution is 6.30. The lowest BCUT2D eigenvalue weighted by atomic mass is 10.0. The Morgan fingerprint density at radius 2 is 2.17 bits per heavy atom. The van der Waals surface area contributed by atoms with Gasteiger partial charge in [-0.2, -0.15) is 5.10 Å². The highest BCUT2D eigenvalue weighted by Crippen LogP contribution is 2.29. The summed E-state index contributed by atoms with van der Waals surface area (Å²) >= 11 is 6.07. The van der Waals surface area contributed by atoms with Crippen LogP contribution in [0.15, 0.2) is 23.8 Å². The Balaban J connectivity index is 1.71. The van der Waals surface area contributed by atoms with Gasteiger partial charge in [-0.25, -0.2) is 0 Å². The number of aromatic nitrogens is 2. The first-order chi connectivity index (χ1) is 11.5. The number of rotatable bonds is 5. The van der Waals surface area contributed by atoms with E-state index in [2.05, 4.69) is 48.9 Å². The molecule has 2 aromatic rings. The van der Waals surface area contributed by atoms with E-state index in [1.54, 1.807) is 0 Å². The summed E-state index contributed by atoms with van der Waals surface area (Å²) in [7, 11) is 0. The molecule has 5 heteroatoms. The normalized spacial score (nSPS) is 14.8. The Bertz CT molecular complexity index is 779. The number of hydrogen-bond donors (Lipinski definition) is 1. The number of benzene rings is 1. The number of aryl methyl sites for hydroxylation is 2. The van der Waals surface area contributed by atoms with Gasteiger partial charge >= 0.3 is 0 Å². The number of nitrogens with one attached hydrogen (secondary N) is 1. The third-order valence-electron chi connectivity index (χ3n) is 4.55. The van der Waals surface area contributed by atoms with Crippen molar-refractivity contribution >= 4 is 17.7 Å². The van der Waals surface area contributed by atoms with Crippen molar-refractivity contribution in [3.8, 4) is 5.75 Å². The molecule has 0 spiro atoms. The van der Waals surface area contributed by atoms with Gasteiger partial charge in [0, 0.05) is 41.0 Å². The van der Waals surface area contributed by atoms with Crippen LogP contribution in [0.2, 0.25) is 5.02 Å². The first-order valence-corrected chi connectivity index (χ1v) is 8.76. The van der Waals surface area contributed by atoms with E-state index >= 15 is 0 Å². The lowest BCUT2D eigenvalue weighted by molar-refractivity contribution is 0.341. The minimum atomic E-state index is 0.243. The molecule has 1 aromatic heterocycles. The molecule has 0 saturated carbocycles. The molecule has 1 N–H and O–H groups in total. The van der Waals surface area contributed by atoms with Crippen LogP contribution in [0.25, 0.3) is 6.08 Å². The summed E-state index contributed by atoms with van der Waals surface area (Å²) in [4.78, 5) is 0. The van der Waals surface area contributed by atoms with Crippen molar-refractivity contribution in [2.24, 2.45) is 0 Å². The first-order valence-electron chi connectivity index (χ1n) is 8.38. The summed E-state index contributed by atoms with van der Waals surface area (Å²) in [6, 6.07) is 5.97. The number of ether oxygens (including phenoxy) is 1. The molecule has 0 bridgehead atoms. The second-order valence-corrected chi connectivity index (χ2v) is 6.71. The van der Waals surface area contributed by atoms with Gasteiger partial charge in [-0.3, -0.25) is 4.68 Å². The lowest BCUT2D eigenvalue weighted by Gasteiger charge is -2.21. The molecule has 128 valence electrons. The maximum atomic E-state index is 6.07. The van der Waals surface area contributed by atoms with E-state index in [1.165, 1.54) is 16.8 Å². The summed E-state index contributed by atoms with van der Waals surface area (Å²) in [5.41, 5.74) is 5.89. The van der Waals surface area contributed by atoms with Gasteiger partial charge < -0.3 is 10.1 Å². The van der Waals surface area contributed by atoms with Crippen molar-refractivity contribution in [2.45, 2.75) is 40.3 Å². The van der Waals surface area contributed by atoms with Crippen LogP contribution in [0, 0.1) is 13.8 Å². The van der Waals surface area contributed by atoms with Crippen molar-refractivity contribution < 1.29 is 4.74 Å². The fraction of sp³-hybridized carbons (Fsp3) is 0.421. The van der Waals surface area contributed by atoms with E-state index in [9.17, 15) is 0 Å². The van der Waals surface area contributed by atoms with Crippen molar-refractivity contribution in [2.75, 3.05) is 13.2 Å². The highest BCUT2D eigenvalue weighted by atomic mass is 35.5. The fourth-order valence-electron chi connectivity index (χ4n) is 3.33. The maximum Gasteiger partial charge on any atom is 0.127 e. The number of nitrogens with zero attached hydrogens (tertiary/aromatic N) is 2. The minimum absolute atomic E-state index is 0.243. The third kappa shape index (κ3) is 3.35. The summed E-state index contributed by atoms with van der Waals surface area (Å²) < 4.78 is 7.87. The Morgan fingerprint density at radius 1 is 1.38 bits per heavy atom. The molecule has 0 amide bonds. The van der Waals surface area contributed by atoms with Gasteiger partial charge in [0.15, 0.2) is 0 Å². The molecule has 1 aliphatic rings. The van der Waals surface area contributed by atoms with Crippen LogP contribution in [0.3, 0.4) is 0 Å². The summed E-state index contributed by atoms with van der Waals surface area (Å²) in [6.45, 7) is 10.8. The molecule has 1 atom stereocenters. The Labute approximate surface area is 148 Å². The highest BCUT2D eigenvalue weighted by Gasteiger charge is 2.18. The molecular formula is C19H24ClN3O. The van der Waals surface area contributed by atoms with Crippen LogP contribution in [0.1, 0.15) is 42.4 Å². The lowest BCUT2D eigenvalue weighted by Crippen LogP contribution is -2.25. The molecular weight excluding hydrogens is 322 g/mol. The van der Waals surface area contributed by atoms with Gasteiger partial charge in [-0.1, -0.05) is 11.6 Å². The van der Waals surface area contributed by atoms with Crippen molar-refractivity contribution in [1.29, 1.82) is 0 Å². The standard InChI is InChI=1S/C19H24ClN3O/c1-5-23-14(4)19(13(3)22-23)12(2)21-10-15-8-16-9-17(20)6-7-18(16)24-11-15/h6-9,12,21H,5,10-11H2,1-4H3/t12-/m0/s1. The van der Waals surface area contributed by atoms with Gasteiger partial charge in [-0.05, 0) is 57.5 Å². The number of halogens is 1. The molecule has 24 heavy (non-hydrogen) atoms. The second-order valence-electron chi connectivity index (χ2n) is 6.28. The van der Waals surface area contributed by atoms with E-state index in [-0.39, 0.29) is 6.04 Å². The SMILES string of the molecule is CCn1nc(C)c([C@H](C)NCC2=Cc3cc(Cl)ccc3OC2)c1C. The van der Waals surface area contributed by atoms with Crippen LogP contribution in [0.5, 0.6) is 5.75 Å². The maximum absolute atomic E-state index is 6.07. The zero-order chi connectivity index (χ0) is 17.3. The Hall–Kier alpha value is -1.78. The molecule has 2 heterocycles. The molecule has 0 radical (unpaired) electrons. The monoisotopic (exact) mass is 345 g/mol. The molecule has 4 nitrogen and oxygen atoms in total. The predicted molar refractivity (Wildman–Crippen MR) is 98.7 cm³/mol. The summed E-state index contributed by atoms with van der Waals surface area (Å²) in [5.74, 6) is 0.895. The molecule has 3 rings (SSSR count). The average Bonchev–Trinajstić information content (AvgIpc) is 2.86. The van der Waals surface area contributed by atoms with Gasteiger partial charge in [0.25, 0.3) is 0 Å². The van der Waals surface area contributed by atoms with Gasteiger partial charge in [0.05, 0.1) is 5.69 Å². The van der Waals surface area contributed by atoms with Crippen molar-refractivity contribution in [1.82, 2.24) is 15.1 Å². The third-order valence-corrected chi connectivity index (χ3v) is 4.78. The summed E-state index contributed by atoms with van der Waals surface area (Å²) in [6.07, 6.45) is 2.17. The average molecular weight is 346 g/mol. The van der Waals surface area contributed by atoms with Crippen LogP contribution in [-0.2, 0) is 6.54 Å². The number of hydrogen-bond acceptors (Lipinski definition) is 3. The quantitative estimate of drug-likeness (QED) is 0.878. The van der Waals surface area contributed by atoms with Crippen LogP contribution in [-0.4, -0.2) is 22.9 Å². The molecule has 0 unspecified atom stereocenters. The van der Waals surface area contributed by atoms with E-state index in [0.29, 0.717) is 6.61 Å². The Morgan fingerprint density at radius 3 is 2.88 bits per heavy atom. The van der Waals surface area contributed by atoms with Crippen molar-refractivity contribution in [3.63, 3.8) is 0 Å². The zero-order valence-corrected chi connectivity index (χ0v) is 15.4. The molecule has 1 aromatic carbocycles. The van der Waals surface area contributed by atoms with Gasteiger partial charge in [0.2, 0.25) is 0 Å². The molecule has 1 aliphatic heterocycles. The topological polar surface area (TPSA) is 39.1 Å². The van der Waals surface area contributed by atoms with E-state index in [4.69, 9.17) is 16.3 Å². The van der Waals surface area contributed by atoms with Crippen molar-refractivity contribution in [3.05, 3.63) is 51.3 Å². The molecule has 0 fully saturated rings. The van der Waals surface area contributed by atoms with E-state index < -0.39 is 0 Å². The zero-order valence-electron chi connectivity index (χ0n) is 14.7. The van der Waals surface area contributed by atoms with Gasteiger partial charge in [-0.15, -0.1) is 0 Å². The van der Waals surface area contributed by atoms with Crippen LogP contribution >= 0.6 is 11.6 Å². The predicted octanol–water partition coefficient (Wildman–Crippen LogP) is 4.30. The Kier molecular flexibility index (Phi) is 4.97. The van der Waals surface area contributed by atoms with Gasteiger partial charge in [0.1, 0.15) is 12.4 Å². The fourth-order valence-corrected chi connectivity index (χ4v) is 3.51. The largest absolute Gasteiger partial charge is 0.489 e. The molecule has 0 aliphatic carbocycles. The van der Waals surface area contributed by atoms with Crippen LogP contribution < -0.4 is 10.1 Å². The van der Waals surface area contributed by atoms with E-state index in [1.807, 2.05) is 18.2 Å². The minimum Gasteiger partial charge on any atom is -0.489 e. The smallest absolute Gasteiger partial charge is 0.127 e. The summed E-state index contributed by atoms with van der Waals surface area (Å²) in [5, 5.41) is 8.94.